The lowest BCUT2D eigenvalue weighted by Crippen LogP contribution is -2.51. The van der Waals surface area contributed by atoms with Crippen LogP contribution in [0.5, 0.6) is 17.2 Å². The SMILES string of the molecule is COc1cc(B2OC(C)(C)C(C)(C)O2)c2c3c(c4c(cc13)C[C@H](O[Si](C(C)C)(C(C)C)C(C)C)O[C@H]4C)OC(c1ccccc1)O2. The largest absolute Gasteiger partial charge is 0.498 e. The second-order valence-corrected chi connectivity index (χ2v) is 20.5. The molecule has 3 heterocycles. The summed E-state index contributed by atoms with van der Waals surface area (Å²) in [5.41, 5.74) is 4.18. The predicted octanol–water partition coefficient (Wildman–Crippen LogP) is 8.77. The smallest absolute Gasteiger partial charge is 0.496 e. The van der Waals surface area contributed by atoms with Crippen molar-refractivity contribution in [3.63, 3.8) is 0 Å². The van der Waals surface area contributed by atoms with Gasteiger partial charge in [0.05, 0.1) is 29.8 Å². The first-order valence-corrected chi connectivity index (χ1v) is 19.0. The van der Waals surface area contributed by atoms with E-state index < -0.39 is 32.9 Å². The molecule has 3 aromatic carbocycles. The van der Waals surface area contributed by atoms with Gasteiger partial charge in [0.2, 0.25) is 8.32 Å². The van der Waals surface area contributed by atoms with Crippen LogP contribution < -0.4 is 19.7 Å². The summed E-state index contributed by atoms with van der Waals surface area (Å²) in [6, 6.07) is 14.3. The van der Waals surface area contributed by atoms with Crippen LogP contribution in [0.4, 0.5) is 0 Å². The van der Waals surface area contributed by atoms with E-state index in [2.05, 4.69) is 82.2 Å². The number of benzene rings is 3. The Kier molecular flexibility index (Phi) is 8.59. The molecule has 7 nitrogen and oxygen atoms in total. The van der Waals surface area contributed by atoms with Crippen LogP contribution in [-0.4, -0.2) is 40.0 Å². The van der Waals surface area contributed by atoms with Gasteiger partial charge in [0, 0.05) is 28.4 Å². The van der Waals surface area contributed by atoms with E-state index >= 15 is 0 Å². The summed E-state index contributed by atoms with van der Waals surface area (Å²) in [6.07, 6.45) is -0.645. The Hall–Kier alpha value is -2.56. The standard InChI is InChI=1S/C37H51BO7Si/c1-21(2)46(22(3)4,23(5)6)43-30-19-26-18-27-29(39-12)20-28(38-44-36(8,9)37(10,11)45-38)33-32(27)34(31(26)24(7)40-30)42-35(41-33)25-16-14-13-15-17-25/h13-18,20-24,30,35H,19H2,1-12H3/t24-,30-,35?/m0/s1. The van der Waals surface area contributed by atoms with Crippen molar-refractivity contribution >= 4 is 31.7 Å². The first kappa shape index (κ1) is 33.3. The second kappa shape index (κ2) is 11.8. The maximum absolute atomic E-state index is 7.17. The highest BCUT2D eigenvalue weighted by atomic mass is 28.4. The van der Waals surface area contributed by atoms with Crippen molar-refractivity contribution in [2.45, 2.75) is 129 Å². The Morgan fingerprint density at radius 2 is 1.43 bits per heavy atom. The van der Waals surface area contributed by atoms with E-state index in [9.17, 15) is 0 Å². The molecule has 1 fully saturated rings. The van der Waals surface area contributed by atoms with Crippen molar-refractivity contribution in [1.29, 1.82) is 0 Å². The third kappa shape index (κ3) is 5.27. The van der Waals surface area contributed by atoms with Crippen molar-refractivity contribution in [3.05, 3.63) is 59.2 Å². The molecular formula is C37H51BO7Si. The first-order chi connectivity index (χ1) is 21.6. The number of fused-ring (bicyclic) bond motifs is 2. The predicted molar refractivity (Wildman–Crippen MR) is 186 cm³/mol. The Balaban J connectivity index is 1.52. The van der Waals surface area contributed by atoms with Crippen LogP contribution >= 0.6 is 0 Å². The van der Waals surface area contributed by atoms with Crippen molar-refractivity contribution in [1.82, 2.24) is 0 Å². The molecule has 3 aliphatic rings. The van der Waals surface area contributed by atoms with Crippen molar-refractivity contribution in [3.8, 4) is 17.2 Å². The van der Waals surface area contributed by atoms with Gasteiger partial charge in [-0.15, -0.1) is 0 Å². The minimum atomic E-state index is -2.19. The van der Waals surface area contributed by atoms with E-state index in [1.165, 1.54) is 0 Å². The number of ether oxygens (including phenoxy) is 4. The maximum atomic E-state index is 7.17. The van der Waals surface area contributed by atoms with Crippen LogP contribution in [0, 0.1) is 0 Å². The molecule has 3 aromatic rings. The van der Waals surface area contributed by atoms with Gasteiger partial charge in [-0.2, -0.15) is 0 Å². The zero-order chi connectivity index (χ0) is 33.3. The second-order valence-electron chi connectivity index (χ2n) is 15.1. The molecule has 6 rings (SSSR count). The van der Waals surface area contributed by atoms with Gasteiger partial charge in [-0.1, -0.05) is 71.9 Å². The summed E-state index contributed by atoms with van der Waals surface area (Å²) in [4.78, 5) is 0. The summed E-state index contributed by atoms with van der Waals surface area (Å²) in [6.45, 7) is 24.2. The van der Waals surface area contributed by atoms with Gasteiger partial charge in [0.15, 0.2) is 6.29 Å². The average molecular weight is 647 g/mol. The molecule has 1 unspecified atom stereocenters. The van der Waals surface area contributed by atoms with Gasteiger partial charge in [0.1, 0.15) is 17.2 Å². The summed E-state index contributed by atoms with van der Waals surface area (Å²) in [5.74, 6) is 2.15. The van der Waals surface area contributed by atoms with Crippen molar-refractivity contribution < 1.29 is 32.7 Å². The molecule has 3 atom stereocenters. The minimum Gasteiger partial charge on any atom is -0.496 e. The summed E-state index contributed by atoms with van der Waals surface area (Å²) in [7, 11) is -1.13. The van der Waals surface area contributed by atoms with E-state index in [1.807, 2.05) is 36.4 Å². The Labute approximate surface area is 276 Å². The Morgan fingerprint density at radius 3 is 2.00 bits per heavy atom. The molecule has 0 spiro atoms. The monoisotopic (exact) mass is 646 g/mol. The normalized spacial score (nSPS) is 23.5. The average Bonchev–Trinajstić information content (AvgIpc) is 3.21. The zero-order valence-electron chi connectivity index (χ0n) is 29.6. The molecule has 0 bridgehead atoms. The van der Waals surface area contributed by atoms with E-state index in [0.29, 0.717) is 34.5 Å². The van der Waals surface area contributed by atoms with E-state index in [1.54, 1.807) is 7.11 Å². The highest BCUT2D eigenvalue weighted by molar-refractivity contribution is 6.77. The molecule has 1 saturated heterocycles. The molecule has 9 heteroatoms. The minimum absolute atomic E-state index is 0.264. The fraction of sp³-hybridized carbons (Fsp3) is 0.568. The molecule has 0 amide bonds. The van der Waals surface area contributed by atoms with Gasteiger partial charge in [-0.05, 0) is 68.9 Å². The lowest BCUT2D eigenvalue weighted by Gasteiger charge is -2.46. The van der Waals surface area contributed by atoms with Gasteiger partial charge in [0.25, 0.3) is 6.29 Å². The van der Waals surface area contributed by atoms with E-state index in [-0.39, 0.29) is 12.4 Å². The number of rotatable bonds is 8. The molecule has 46 heavy (non-hydrogen) atoms. The van der Waals surface area contributed by atoms with Gasteiger partial charge in [-0.25, -0.2) is 0 Å². The fourth-order valence-electron chi connectivity index (χ4n) is 7.97. The highest BCUT2D eigenvalue weighted by Gasteiger charge is 2.54. The van der Waals surface area contributed by atoms with Crippen LogP contribution in [0.25, 0.3) is 10.8 Å². The van der Waals surface area contributed by atoms with Crippen molar-refractivity contribution in [2.75, 3.05) is 7.11 Å². The maximum Gasteiger partial charge on any atom is 0.498 e. The quantitative estimate of drug-likeness (QED) is 0.227. The molecule has 0 radical (unpaired) electrons. The Morgan fingerprint density at radius 1 is 0.848 bits per heavy atom. The molecule has 0 saturated carbocycles. The van der Waals surface area contributed by atoms with Crippen molar-refractivity contribution in [2.24, 2.45) is 0 Å². The van der Waals surface area contributed by atoms with Gasteiger partial charge in [-0.3, -0.25) is 0 Å². The molecule has 0 aromatic heterocycles. The number of methoxy groups -OCH3 is 1. The molecule has 0 N–H and O–H groups in total. The summed E-state index contributed by atoms with van der Waals surface area (Å²) >= 11 is 0. The fourth-order valence-corrected chi connectivity index (χ4v) is 13.4. The number of hydrogen-bond donors (Lipinski definition) is 0. The van der Waals surface area contributed by atoms with Crippen LogP contribution in [0.1, 0.15) is 105 Å². The lowest BCUT2D eigenvalue weighted by atomic mass is 9.76. The third-order valence-electron chi connectivity index (χ3n) is 10.9. The van der Waals surface area contributed by atoms with E-state index in [4.69, 9.17) is 32.7 Å². The van der Waals surface area contributed by atoms with Gasteiger partial charge >= 0.3 is 7.12 Å². The zero-order valence-corrected chi connectivity index (χ0v) is 30.6. The van der Waals surface area contributed by atoms with E-state index in [0.717, 1.165) is 38.7 Å². The molecule has 248 valence electrons. The first-order valence-electron chi connectivity index (χ1n) is 16.9. The molecular weight excluding hydrogens is 595 g/mol. The van der Waals surface area contributed by atoms with Crippen LogP contribution in [0.3, 0.4) is 0 Å². The van der Waals surface area contributed by atoms with Crippen LogP contribution in [0.2, 0.25) is 16.6 Å². The lowest BCUT2D eigenvalue weighted by molar-refractivity contribution is -0.133. The summed E-state index contributed by atoms with van der Waals surface area (Å²) < 4.78 is 46.7. The van der Waals surface area contributed by atoms with Gasteiger partial charge < -0.3 is 32.7 Å². The Bertz CT molecular complexity index is 1560. The van der Waals surface area contributed by atoms with Crippen LogP contribution in [0.15, 0.2) is 42.5 Å². The molecule has 3 aliphatic heterocycles. The number of hydrogen-bond acceptors (Lipinski definition) is 7. The molecule has 0 aliphatic carbocycles. The topological polar surface area (TPSA) is 64.6 Å². The summed E-state index contributed by atoms with van der Waals surface area (Å²) in [5, 5.41) is 1.77. The van der Waals surface area contributed by atoms with Crippen LogP contribution in [-0.2, 0) is 24.9 Å². The highest BCUT2D eigenvalue weighted by Crippen LogP contribution is 2.53. The third-order valence-corrected chi connectivity index (χ3v) is 17.0.